The Kier molecular flexibility index (Phi) is 8.42. The Morgan fingerprint density at radius 3 is 2.48 bits per heavy atom. The summed E-state index contributed by atoms with van der Waals surface area (Å²) in [4.78, 5) is 0. The van der Waals surface area contributed by atoms with Crippen molar-refractivity contribution in [1.29, 1.82) is 0 Å². The van der Waals surface area contributed by atoms with E-state index >= 15 is 0 Å². The Balaban J connectivity index is 0.00000121. The van der Waals surface area contributed by atoms with Gasteiger partial charge in [-0.05, 0) is 53.5 Å². The van der Waals surface area contributed by atoms with Crippen LogP contribution in [0.3, 0.4) is 0 Å². The van der Waals surface area contributed by atoms with Crippen molar-refractivity contribution in [1.82, 2.24) is 0 Å². The Morgan fingerprint density at radius 2 is 1.78 bits per heavy atom. The molecule has 0 saturated carbocycles. The number of hydrogen-bond acceptors (Lipinski definition) is 0. The molecule has 2 aliphatic rings. The van der Waals surface area contributed by atoms with Gasteiger partial charge in [-0.15, -0.1) is 6.58 Å². The summed E-state index contributed by atoms with van der Waals surface area (Å²) in [5.74, 6) is 0. The summed E-state index contributed by atoms with van der Waals surface area (Å²) in [6.07, 6.45) is 13.2. The molecule has 1 atom stereocenters. The largest absolute Gasteiger partial charge is 0.358 e. The van der Waals surface area contributed by atoms with Crippen LogP contribution in [0.4, 0.5) is 0 Å². The molecule has 0 fully saturated rings. The molecule has 1 heteroatoms. The zero-order valence-electron chi connectivity index (χ0n) is 16.9. The molecule has 0 nitrogen and oxygen atoms in total. The van der Waals surface area contributed by atoms with Gasteiger partial charge in [-0.25, -0.2) is 0 Å². The van der Waals surface area contributed by atoms with Crippen molar-refractivity contribution in [3.8, 4) is 11.1 Å². The van der Waals surface area contributed by atoms with E-state index in [1.807, 2.05) is 0 Å². The number of allylic oxidation sites excluding steroid dienone is 5. The van der Waals surface area contributed by atoms with Crippen LogP contribution >= 0.6 is 0 Å². The molecule has 2 aromatic carbocycles. The van der Waals surface area contributed by atoms with Gasteiger partial charge in [-0.1, -0.05) is 79.3 Å². The monoisotopic (exact) mass is 522 g/mol. The number of benzene rings is 2. The van der Waals surface area contributed by atoms with Crippen molar-refractivity contribution >= 4 is 0 Å². The molecule has 0 amide bonds. The fourth-order valence-corrected chi connectivity index (χ4v) is 4.39. The molecule has 0 saturated heterocycles. The van der Waals surface area contributed by atoms with Crippen LogP contribution in [-0.4, -0.2) is 0 Å². The van der Waals surface area contributed by atoms with Crippen LogP contribution < -0.4 is 0 Å². The van der Waals surface area contributed by atoms with Gasteiger partial charge in [-0.2, -0.15) is 0 Å². The molecular formula is C26H30Hf-2. The summed E-state index contributed by atoms with van der Waals surface area (Å²) in [7, 11) is 0. The van der Waals surface area contributed by atoms with Gasteiger partial charge < -0.3 is 14.9 Å². The van der Waals surface area contributed by atoms with E-state index in [1.165, 1.54) is 33.4 Å². The van der Waals surface area contributed by atoms with Crippen LogP contribution in [0.1, 0.15) is 42.9 Å². The van der Waals surface area contributed by atoms with Crippen molar-refractivity contribution < 1.29 is 25.8 Å². The number of rotatable bonds is 5. The zero-order chi connectivity index (χ0) is 16.6. The van der Waals surface area contributed by atoms with E-state index in [2.05, 4.69) is 80.3 Å². The number of fused-ring (bicyclic) bond motifs is 3. The zero-order valence-corrected chi connectivity index (χ0v) is 20.5. The third-order valence-corrected chi connectivity index (χ3v) is 5.77. The van der Waals surface area contributed by atoms with E-state index in [-0.39, 0.29) is 46.1 Å². The van der Waals surface area contributed by atoms with E-state index in [4.69, 9.17) is 0 Å². The third-order valence-electron chi connectivity index (χ3n) is 5.77. The van der Waals surface area contributed by atoms with Gasteiger partial charge in [0.1, 0.15) is 0 Å². The first-order valence-corrected chi connectivity index (χ1v) is 8.92. The minimum Gasteiger partial charge on any atom is -0.358 e. The van der Waals surface area contributed by atoms with E-state index in [9.17, 15) is 0 Å². The van der Waals surface area contributed by atoms with Gasteiger partial charge >= 0.3 is 0 Å². The molecule has 4 rings (SSSR count). The standard InChI is InChI=1S/C24H24.2CH3.Hf/c1-3-4-16-24(2,19-11-6-7-12-19)23-15-9-14-21-20-13-8-5-10-18(20)17-22(21)23;;;/h3,5-11,13-15H,1,4,12,16-17H2,2H3;2*1H3;/q;2*-1;. The van der Waals surface area contributed by atoms with Crippen molar-refractivity contribution in [3.05, 3.63) is 110 Å². The Morgan fingerprint density at radius 1 is 1.04 bits per heavy atom. The molecule has 140 valence electrons. The molecule has 0 aliphatic heterocycles. The Labute approximate surface area is 184 Å². The number of hydrogen-bond donors (Lipinski definition) is 0. The SMILES string of the molecule is C=CCCC(C)(C1=CC=CC1)c1cccc2c1Cc1ccccc1-2.[CH3-].[CH3-].[Hf]. The fourth-order valence-electron chi connectivity index (χ4n) is 4.39. The Hall–Kier alpha value is -1.47. The third kappa shape index (κ3) is 4.04. The first-order valence-electron chi connectivity index (χ1n) is 8.92. The van der Waals surface area contributed by atoms with E-state index in [1.54, 1.807) is 0 Å². The predicted octanol–water partition coefficient (Wildman–Crippen LogP) is 7.27. The average molecular weight is 521 g/mol. The van der Waals surface area contributed by atoms with Crippen molar-refractivity contribution in [3.63, 3.8) is 0 Å². The minimum absolute atomic E-state index is 0. The molecule has 0 N–H and O–H groups in total. The molecule has 0 spiro atoms. The maximum atomic E-state index is 3.95. The second-order valence-corrected chi connectivity index (χ2v) is 7.15. The first-order chi connectivity index (χ1) is 11.7. The summed E-state index contributed by atoms with van der Waals surface area (Å²) < 4.78 is 0. The van der Waals surface area contributed by atoms with E-state index in [0.717, 1.165) is 25.7 Å². The molecule has 0 heterocycles. The minimum atomic E-state index is 0. The molecule has 27 heavy (non-hydrogen) atoms. The molecule has 0 radical (unpaired) electrons. The van der Waals surface area contributed by atoms with Crippen LogP contribution in [0.2, 0.25) is 0 Å². The molecule has 1 unspecified atom stereocenters. The summed E-state index contributed by atoms with van der Waals surface area (Å²) in [6.45, 7) is 6.38. The van der Waals surface area contributed by atoms with Crippen molar-refractivity contribution in [2.24, 2.45) is 0 Å². The van der Waals surface area contributed by atoms with Gasteiger partial charge in [0, 0.05) is 31.3 Å². The molecular weight excluding hydrogens is 491 g/mol. The predicted molar refractivity (Wildman–Crippen MR) is 116 cm³/mol. The van der Waals surface area contributed by atoms with Gasteiger partial charge in [0.05, 0.1) is 0 Å². The topological polar surface area (TPSA) is 0 Å². The quantitative estimate of drug-likeness (QED) is 0.188. The van der Waals surface area contributed by atoms with Crippen LogP contribution in [0.15, 0.2) is 78.9 Å². The van der Waals surface area contributed by atoms with Crippen molar-refractivity contribution in [2.75, 3.05) is 0 Å². The van der Waals surface area contributed by atoms with Crippen LogP contribution in [0.5, 0.6) is 0 Å². The van der Waals surface area contributed by atoms with Gasteiger partial charge in [0.15, 0.2) is 0 Å². The summed E-state index contributed by atoms with van der Waals surface area (Å²) >= 11 is 0. The second kappa shape index (κ2) is 9.64. The maximum absolute atomic E-state index is 3.95. The Bertz CT molecular complexity index is 856. The van der Waals surface area contributed by atoms with Crippen LogP contribution in [-0.2, 0) is 37.7 Å². The molecule has 0 bridgehead atoms. The smallest absolute Gasteiger partial charge is 0.0145 e. The van der Waals surface area contributed by atoms with Crippen molar-refractivity contribution in [2.45, 2.75) is 38.0 Å². The van der Waals surface area contributed by atoms with Crippen LogP contribution in [0, 0.1) is 14.9 Å². The van der Waals surface area contributed by atoms with E-state index in [0.29, 0.717) is 0 Å². The van der Waals surface area contributed by atoms with Gasteiger partial charge in [0.25, 0.3) is 0 Å². The second-order valence-electron chi connectivity index (χ2n) is 7.15. The maximum Gasteiger partial charge on any atom is 0.0145 e. The molecule has 2 aliphatic carbocycles. The molecule has 0 aromatic heterocycles. The fraction of sp³-hybridized carbons (Fsp3) is 0.231. The normalized spacial score (nSPS) is 15.2. The summed E-state index contributed by atoms with van der Waals surface area (Å²) in [5.41, 5.74) is 8.97. The summed E-state index contributed by atoms with van der Waals surface area (Å²) in [6, 6.07) is 15.7. The molecule has 2 aromatic rings. The van der Waals surface area contributed by atoms with Gasteiger partial charge in [0.2, 0.25) is 0 Å². The first kappa shape index (κ1) is 23.6. The average Bonchev–Trinajstić information content (AvgIpc) is 3.27. The summed E-state index contributed by atoms with van der Waals surface area (Å²) in [5, 5.41) is 0. The van der Waals surface area contributed by atoms with Crippen LogP contribution in [0.25, 0.3) is 11.1 Å². The van der Waals surface area contributed by atoms with Gasteiger partial charge in [-0.3, -0.25) is 0 Å². The van der Waals surface area contributed by atoms with E-state index < -0.39 is 0 Å².